The van der Waals surface area contributed by atoms with E-state index in [-0.39, 0.29) is 11.5 Å². The number of hydrogen-bond acceptors (Lipinski definition) is 4. The van der Waals surface area contributed by atoms with E-state index in [4.69, 9.17) is 11.6 Å². The second-order valence-electron chi connectivity index (χ2n) is 6.32. The van der Waals surface area contributed by atoms with Gasteiger partial charge in [0.15, 0.2) is 0 Å². The van der Waals surface area contributed by atoms with Gasteiger partial charge in [0.2, 0.25) is 5.95 Å². The topological polar surface area (TPSA) is 105 Å². The van der Waals surface area contributed by atoms with Gasteiger partial charge in [0.25, 0.3) is 5.56 Å². The molecule has 146 valence electrons. The number of benzene rings is 1. The Kier molecular flexibility index (Phi) is 5.79. The van der Waals surface area contributed by atoms with Crippen molar-refractivity contribution < 1.29 is 4.79 Å². The highest BCUT2D eigenvalue weighted by molar-refractivity contribution is 6.30. The minimum absolute atomic E-state index is 0.212. The van der Waals surface area contributed by atoms with Crippen LogP contribution in [0, 0.1) is 13.8 Å². The first-order chi connectivity index (χ1) is 13.4. The SMILES string of the molecule is CCc1c(C)nc(-n2nc(C)cc2NC(=O)NCc2ccc(Cl)cc2)[nH]c1=O. The van der Waals surface area contributed by atoms with Crippen LogP contribution in [0.1, 0.15) is 29.4 Å². The van der Waals surface area contributed by atoms with Gasteiger partial charge < -0.3 is 5.32 Å². The molecule has 0 unspecified atom stereocenters. The zero-order valence-corrected chi connectivity index (χ0v) is 16.6. The fraction of sp³-hybridized carbons (Fsp3) is 0.263. The maximum atomic E-state index is 12.3. The van der Waals surface area contributed by atoms with Gasteiger partial charge in [-0.3, -0.25) is 15.1 Å². The molecular formula is C19H21ClN6O2. The standard InChI is InChI=1S/C19H21ClN6O2/c1-4-15-12(3)22-18(24-17(15)27)26-16(9-11(2)25-26)23-19(28)21-10-13-5-7-14(20)8-6-13/h5-9H,4,10H2,1-3H3,(H2,21,23,28)(H,22,24,27). The number of carbonyl (C=O) groups excluding carboxylic acids is 1. The molecule has 0 bridgehead atoms. The van der Waals surface area contributed by atoms with Crippen LogP contribution in [0.25, 0.3) is 5.95 Å². The number of aromatic nitrogens is 4. The lowest BCUT2D eigenvalue weighted by Crippen LogP contribution is -2.29. The van der Waals surface area contributed by atoms with Crippen molar-refractivity contribution in [3.05, 3.63) is 68.2 Å². The van der Waals surface area contributed by atoms with Crippen LogP contribution >= 0.6 is 11.6 Å². The van der Waals surface area contributed by atoms with Crippen molar-refractivity contribution in [2.24, 2.45) is 0 Å². The van der Waals surface area contributed by atoms with Crippen LogP contribution in [0.5, 0.6) is 0 Å². The molecule has 2 amide bonds. The third-order valence-corrected chi connectivity index (χ3v) is 4.46. The average Bonchev–Trinajstić information content (AvgIpc) is 3.01. The molecule has 3 aromatic rings. The summed E-state index contributed by atoms with van der Waals surface area (Å²) in [5, 5.41) is 10.5. The molecule has 2 heterocycles. The number of nitrogens with one attached hydrogen (secondary N) is 3. The number of rotatable bonds is 5. The predicted octanol–water partition coefficient (Wildman–Crippen LogP) is 3.11. The van der Waals surface area contributed by atoms with E-state index in [9.17, 15) is 9.59 Å². The third-order valence-electron chi connectivity index (χ3n) is 4.20. The monoisotopic (exact) mass is 400 g/mol. The smallest absolute Gasteiger partial charge is 0.320 e. The van der Waals surface area contributed by atoms with E-state index in [0.717, 1.165) is 5.56 Å². The summed E-state index contributed by atoms with van der Waals surface area (Å²) >= 11 is 5.86. The average molecular weight is 401 g/mol. The largest absolute Gasteiger partial charge is 0.334 e. The first-order valence-electron chi connectivity index (χ1n) is 8.83. The first kappa shape index (κ1) is 19.6. The van der Waals surface area contributed by atoms with Crippen molar-refractivity contribution in [3.8, 4) is 5.95 Å². The fourth-order valence-electron chi connectivity index (χ4n) is 2.81. The van der Waals surface area contributed by atoms with Gasteiger partial charge in [-0.25, -0.2) is 9.78 Å². The maximum Gasteiger partial charge on any atom is 0.320 e. The number of anilines is 1. The van der Waals surface area contributed by atoms with E-state index in [0.29, 0.717) is 40.8 Å². The number of aryl methyl sites for hydroxylation is 2. The Labute approximate surface area is 167 Å². The van der Waals surface area contributed by atoms with Crippen LogP contribution in [0.2, 0.25) is 5.02 Å². The Morgan fingerprint density at radius 2 is 1.96 bits per heavy atom. The minimum Gasteiger partial charge on any atom is -0.334 e. The quantitative estimate of drug-likeness (QED) is 0.611. The molecule has 3 N–H and O–H groups in total. The molecule has 9 heteroatoms. The van der Waals surface area contributed by atoms with Gasteiger partial charge in [-0.1, -0.05) is 30.7 Å². The zero-order chi connectivity index (χ0) is 20.3. The summed E-state index contributed by atoms with van der Waals surface area (Å²) in [6.45, 7) is 5.81. The molecule has 3 rings (SSSR count). The van der Waals surface area contributed by atoms with Crippen molar-refractivity contribution in [1.82, 2.24) is 25.1 Å². The van der Waals surface area contributed by atoms with E-state index >= 15 is 0 Å². The van der Waals surface area contributed by atoms with Crippen LogP contribution in [0.4, 0.5) is 10.6 Å². The van der Waals surface area contributed by atoms with Crippen molar-refractivity contribution >= 4 is 23.4 Å². The predicted molar refractivity (Wildman–Crippen MR) is 108 cm³/mol. The van der Waals surface area contributed by atoms with Crippen molar-refractivity contribution in [1.29, 1.82) is 0 Å². The summed E-state index contributed by atoms with van der Waals surface area (Å²) in [7, 11) is 0. The Hall–Kier alpha value is -3.13. The number of amides is 2. The molecule has 28 heavy (non-hydrogen) atoms. The number of carbonyl (C=O) groups is 1. The van der Waals surface area contributed by atoms with Crippen LogP contribution in [0.3, 0.4) is 0 Å². The summed E-state index contributed by atoms with van der Waals surface area (Å²) in [6.07, 6.45) is 0.588. The van der Waals surface area contributed by atoms with Crippen molar-refractivity contribution in [3.63, 3.8) is 0 Å². The highest BCUT2D eigenvalue weighted by atomic mass is 35.5. The first-order valence-corrected chi connectivity index (χ1v) is 9.21. The van der Waals surface area contributed by atoms with E-state index in [1.807, 2.05) is 19.1 Å². The van der Waals surface area contributed by atoms with Gasteiger partial charge in [0.1, 0.15) is 5.82 Å². The molecule has 2 aromatic heterocycles. The molecular weight excluding hydrogens is 380 g/mol. The third kappa shape index (κ3) is 4.40. The lowest BCUT2D eigenvalue weighted by Gasteiger charge is -2.11. The Bertz CT molecular complexity index is 1060. The van der Waals surface area contributed by atoms with Gasteiger partial charge in [0.05, 0.1) is 5.69 Å². The second-order valence-corrected chi connectivity index (χ2v) is 6.76. The Morgan fingerprint density at radius 1 is 1.25 bits per heavy atom. The van der Waals surface area contributed by atoms with Crippen LogP contribution in [0.15, 0.2) is 35.1 Å². The minimum atomic E-state index is -0.402. The fourth-order valence-corrected chi connectivity index (χ4v) is 2.93. The lowest BCUT2D eigenvalue weighted by atomic mass is 10.2. The van der Waals surface area contributed by atoms with Gasteiger partial charge >= 0.3 is 6.03 Å². The van der Waals surface area contributed by atoms with Gasteiger partial charge in [-0.05, 0) is 38.0 Å². The molecule has 0 atom stereocenters. The van der Waals surface area contributed by atoms with E-state index in [1.165, 1.54) is 4.68 Å². The maximum absolute atomic E-state index is 12.3. The highest BCUT2D eigenvalue weighted by Crippen LogP contribution is 2.15. The lowest BCUT2D eigenvalue weighted by molar-refractivity contribution is 0.251. The molecule has 0 aliphatic rings. The molecule has 0 saturated carbocycles. The van der Waals surface area contributed by atoms with Gasteiger partial charge in [-0.15, -0.1) is 0 Å². The molecule has 0 radical (unpaired) electrons. The van der Waals surface area contributed by atoms with Gasteiger partial charge in [-0.2, -0.15) is 9.78 Å². The Balaban J connectivity index is 1.78. The van der Waals surface area contributed by atoms with Gasteiger partial charge in [0, 0.05) is 28.9 Å². The Morgan fingerprint density at radius 3 is 2.61 bits per heavy atom. The second kappa shape index (κ2) is 8.26. The summed E-state index contributed by atoms with van der Waals surface area (Å²) in [4.78, 5) is 31.7. The number of halogens is 1. The van der Waals surface area contributed by atoms with E-state index < -0.39 is 6.03 Å². The van der Waals surface area contributed by atoms with Crippen LogP contribution in [-0.4, -0.2) is 25.8 Å². The number of aromatic amines is 1. The number of nitrogens with zero attached hydrogens (tertiary/aromatic N) is 3. The summed E-state index contributed by atoms with van der Waals surface area (Å²) < 4.78 is 1.41. The number of urea groups is 1. The highest BCUT2D eigenvalue weighted by Gasteiger charge is 2.14. The normalized spacial score (nSPS) is 10.7. The summed E-state index contributed by atoms with van der Waals surface area (Å²) in [5.41, 5.74) is 2.64. The molecule has 8 nitrogen and oxygen atoms in total. The van der Waals surface area contributed by atoms with E-state index in [2.05, 4.69) is 25.7 Å². The van der Waals surface area contributed by atoms with E-state index in [1.54, 1.807) is 32.0 Å². The number of H-pyrrole nitrogens is 1. The molecule has 0 fully saturated rings. The number of hydrogen-bond donors (Lipinski definition) is 3. The van der Waals surface area contributed by atoms with Crippen molar-refractivity contribution in [2.45, 2.75) is 33.7 Å². The molecule has 0 spiro atoms. The van der Waals surface area contributed by atoms with Crippen molar-refractivity contribution in [2.75, 3.05) is 5.32 Å². The molecule has 1 aromatic carbocycles. The zero-order valence-electron chi connectivity index (χ0n) is 15.8. The summed E-state index contributed by atoms with van der Waals surface area (Å²) in [6, 6.07) is 8.50. The molecule has 0 saturated heterocycles. The van der Waals surface area contributed by atoms with Crippen LogP contribution < -0.4 is 16.2 Å². The van der Waals surface area contributed by atoms with Crippen LogP contribution in [-0.2, 0) is 13.0 Å². The molecule has 0 aliphatic heterocycles. The summed E-state index contributed by atoms with van der Waals surface area (Å²) in [5.74, 6) is 0.652. The molecule has 0 aliphatic carbocycles.